The third-order valence-corrected chi connectivity index (χ3v) is 7.84. The van der Waals surface area contributed by atoms with Gasteiger partial charge in [0, 0.05) is 36.7 Å². The number of hydrogen-bond acceptors (Lipinski definition) is 8. The maximum Gasteiger partial charge on any atom is 0.244 e. The number of nitrogens with zero attached hydrogens (tertiary/aromatic N) is 2. The zero-order valence-electron chi connectivity index (χ0n) is 21.8. The molecule has 0 unspecified atom stereocenters. The van der Waals surface area contributed by atoms with Crippen molar-refractivity contribution >= 4 is 23.4 Å². The normalized spacial score (nSPS) is 15.9. The Morgan fingerprint density at radius 3 is 2.66 bits per heavy atom. The van der Waals surface area contributed by atoms with Crippen LogP contribution in [0.2, 0.25) is 0 Å². The summed E-state index contributed by atoms with van der Waals surface area (Å²) >= 11 is 1.55. The Bertz CT molecular complexity index is 1290. The molecule has 0 bridgehead atoms. The molecule has 2 heterocycles. The summed E-state index contributed by atoms with van der Waals surface area (Å²) in [6.45, 7) is 2.98. The first-order valence-corrected chi connectivity index (χ1v) is 13.5. The van der Waals surface area contributed by atoms with Gasteiger partial charge < -0.3 is 33.5 Å². The van der Waals surface area contributed by atoms with E-state index in [0.717, 1.165) is 52.9 Å². The highest BCUT2D eigenvalue weighted by Gasteiger charge is 2.34. The fourth-order valence-electron chi connectivity index (χ4n) is 4.41. The van der Waals surface area contributed by atoms with Crippen LogP contribution in [0.5, 0.6) is 28.7 Å². The Morgan fingerprint density at radius 1 is 0.974 bits per heavy atom. The highest BCUT2D eigenvalue weighted by Crippen LogP contribution is 2.48. The molecular formula is C29H32N2O6S. The van der Waals surface area contributed by atoms with E-state index < -0.39 is 5.25 Å². The molecule has 0 radical (unpaired) electrons. The molecule has 0 saturated heterocycles. The van der Waals surface area contributed by atoms with Gasteiger partial charge in [-0.2, -0.15) is 0 Å². The number of methoxy groups -OCH3 is 1. The molecule has 1 atom stereocenters. The maximum atomic E-state index is 13.3. The Hall–Kier alpha value is -3.56. The molecule has 0 fully saturated rings. The molecule has 2 aliphatic rings. The average Bonchev–Trinajstić information content (AvgIpc) is 3.41. The molecule has 9 heteroatoms. The van der Waals surface area contributed by atoms with Gasteiger partial charge in [0.25, 0.3) is 0 Å². The Balaban J connectivity index is 1.14. The van der Waals surface area contributed by atoms with Gasteiger partial charge in [0.05, 0.1) is 19.4 Å². The lowest BCUT2D eigenvalue weighted by Gasteiger charge is -2.32. The molecule has 200 valence electrons. The molecule has 0 saturated carbocycles. The number of benzene rings is 3. The van der Waals surface area contributed by atoms with Crippen LogP contribution in [0, 0.1) is 0 Å². The molecule has 0 aliphatic carbocycles. The van der Waals surface area contributed by atoms with Gasteiger partial charge in [-0.05, 0) is 55.9 Å². The van der Waals surface area contributed by atoms with E-state index >= 15 is 0 Å². The Labute approximate surface area is 227 Å². The van der Waals surface area contributed by atoms with Gasteiger partial charge in [0.2, 0.25) is 12.7 Å². The molecule has 38 heavy (non-hydrogen) atoms. The van der Waals surface area contributed by atoms with E-state index in [9.17, 15) is 4.79 Å². The highest BCUT2D eigenvalue weighted by atomic mass is 32.2. The van der Waals surface area contributed by atoms with E-state index in [4.69, 9.17) is 23.7 Å². The summed E-state index contributed by atoms with van der Waals surface area (Å²) in [5.41, 5.74) is 1.75. The van der Waals surface area contributed by atoms with Crippen molar-refractivity contribution in [2.45, 2.75) is 16.6 Å². The van der Waals surface area contributed by atoms with Crippen molar-refractivity contribution in [2.24, 2.45) is 0 Å². The van der Waals surface area contributed by atoms with Crippen LogP contribution >= 0.6 is 11.8 Å². The van der Waals surface area contributed by atoms with Gasteiger partial charge in [-0.15, -0.1) is 11.8 Å². The van der Waals surface area contributed by atoms with Crippen molar-refractivity contribution in [3.63, 3.8) is 0 Å². The molecule has 5 rings (SSSR count). The lowest BCUT2D eigenvalue weighted by molar-refractivity contribution is -0.118. The van der Waals surface area contributed by atoms with E-state index in [1.807, 2.05) is 67.7 Å². The highest BCUT2D eigenvalue weighted by molar-refractivity contribution is 8.00. The average molecular weight is 536 g/mol. The summed E-state index contributed by atoms with van der Waals surface area (Å²) in [7, 11) is 5.51. The van der Waals surface area contributed by atoms with Crippen LogP contribution in [0.15, 0.2) is 65.6 Å². The summed E-state index contributed by atoms with van der Waals surface area (Å²) in [4.78, 5) is 18.3. The molecular weight excluding hydrogens is 503 g/mol. The van der Waals surface area contributed by atoms with Crippen molar-refractivity contribution in [3.8, 4) is 28.7 Å². The number of thioether (sulfide) groups is 1. The van der Waals surface area contributed by atoms with E-state index in [0.29, 0.717) is 24.7 Å². The lowest BCUT2D eigenvalue weighted by Crippen LogP contribution is -2.33. The van der Waals surface area contributed by atoms with Crippen molar-refractivity contribution < 1.29 is 28.5 Å². The van der Waals surface area contributed by atoms with Crippen molar-refractivity contribution in [2.75, 3.05) is 59.2 Å². The first-order valence-electron chi connectivity index (χ1n) is 12.6. The standard InChI is InChI=1S/C29H32N2O6S/c1-30(14-16-34-21-10-12-25-26(18-21)37-19-36-25)13-6-15-35-24-11-9-20(33-3)17-22(24)28-29(32)31(2)23-7-4-5-8-27(23)38-28/h4-5,7-12,17-18,28H,6,13-16,19H2,1-3H3/t28-/m1/s1/i1-1. The number of rotatable bonds is 11. The minimum absolute atomic E-state index is 0.0222. The molecule has 2 aliphatic heterocycles. The second kappa shape index (κ2) is 11.9. The third-order valence-electron chi connectivity index (χ3n) is 6.55. The number of carbonyl (C=O) groups excluding carboxylic acids is 1. The zero-order valence-corrected chi connectivity index (χ0v) is 22.7. The van der Waals surface area contributed by atoms with Gasteiger partial charge in [0.1, 0.15) is 29.1 Å². The van der Waals surface area contributed by atoms with Crippen LogP contribution in [0.3, 0.4) is 0 Å². The van der Waals surface area contributed by atoms with Crippen LogP contribution < -0.4 is 28.6 Å². The first kappa shape index (κ1) is 26.1. The van der Waals surface area contributed by atoms with E-state index in [1.165, 1.54) is 0 Å². The molecule has 0 N–H and O–H groups in total. The molecule has 0 aromatic heterocycles. The molecule has 1 amide bonds. The zero-order chi connectivity index (χ0) is 26.5. The number of hydrogen-bond donors (Lipinski definition) is 0. The van der Waals surface area contributed by atoms with Crippen LogP contribution in [-0.4, -0.2) is 65.1 Å². The van der Waals surface area contributed by atoms with Crippen LogP contribution in [0.1, 0.15) is 17.2 Å². The van der Waals surface area contributed by atoms with Gasteiger partial charge in [-0.3, -0.25) is 4.79 Å². The second-order valence-electron chi connectivity index (χ2n) is 9.14. The van der Waals surface area contributed by atoms with E-state index in [-0.39, 0.29) is 12.7 Å². The number of anilines is 1. The minimum atomic E-state index is -0.406. The minimum Gasteiger partial charge on any atom is -0.497 e. The van der Waals surface area contributed by atoms with Crippen molar-refractivity contribution in [1.82, 2.24) is 4.90 Å². The maximum absolute atomic E-state index is 13.3. The number of carbonyl (C=O) groups is 1. The number of ether oxygens (including phenoxy) is 5. The van der Waals surface area contributed by atoms with E-state index in [1.54, 1.807) is 23.8 Å². The summed E-state index contributed by atoms with van der Waals surface area (Å²) in [6.07, 6.45) is 0.834. The smallest absolute Gasteiger partial charge is 0.244 e. The summed E-state index contributed by atoms with van der Waals surface area (Å²) in [5, 5.41) is -0.406. The number of para-hydroxylation sites is 1. The van der Waals surface area contributed by atoms with Crippen molar-refractivity contribution in [3.05, 3.63) is 66.2 Å². The SMILES string of the molecule is COc1ccc(OCCCN([11CH3])CCOc2ccc3c(c2)OCO3)c([C@H]2Sc3ccccc3N(C)C2=O)c1. The Morgan fingerprint density at radius 2 is 1.79 bits per heavy atom. The molecule has 8 nitrogen and oxygen atoms in total. The van der Waals surface area contributed by atoms with E-state index in [2.05, 4.69) is 11.9 Å². The summed E-state index contributed by atoms with van der Waals surface area (Å²) in [5.74, 6) is 3.66. The fraction of sp³-hybridized carbons (Fsp3) is 0.345. The lowest BCUT2D eigenvalue weighted by atomic mass is 10.1. The van der Waals surface area contributed by atoms with Crippen LogP contribution in [-0.2, 0) is 4.79 Å². The van der Waals surface area contributed by atoms with Crippen molar-refractivity contribution in [1.29, 1.82) is 0 Å². The van der Waals surface area contributed by atoms with Gasteiger partial charge in [-0.1, -0.05) is 12.1 Å². The Kier molecular flexibility index (Phi) is 8.14. The monoisotopic (exact) mass is 535 g/mol. The summed E-state index contributed by atoms with van der Waals surface area (Å²) < 4.78 is 28.3. The predicted molar refractivity (Wildman–Crippen MR) is 147 cm³/mol. The first-order chi connectivity index (χ1) is 18.5. The number of amides is 1. The number of fused-ring (bicyclic) bond motifs is 2. The molecule has 3 aromatic carbocycles. The number of likely N-dealkylation sites (N-methyl/N-ethyl adjacent to an activating group) is 2. The molecule has 3 aromatic rings. The van der Waals surface area contributed by atoms with Crippen LogP contribution in [0.25, 0.3) is 0 Å². The predicted octanol–water partition coefficient (Wildman–Crippen LogP) is 5.01. The van der Waals surface area contributed by atoms with Gasteiger partial charge in [-0.25, -0.2) is 0 Å². The fourth-order valence-corrected chi connectivity index (χ4v) is 5.71. The third kappa shape index (κ3) is 5.79. The van der Waals surface area contributed by atoms with Gasteiger partial charge in [0.15, 0.2) is 11.5 Å². The summed E-state index contributed by atoms with van der Waals surface area (Å²) in [6, 6.07) is 19.2. The van der Waals surface area contributed by atoms with Crippen LogP contribution in [0.4, 0.5) is 5.69 Å². The topological polar surface area (TPSA) is 69.7 Å². The largest absolute Gasteiger partial charge is 0.497 e. The molecule has 0 spiro atoms. The van der Waals surface area contributed by atoms with Gasteiger partial charge >= 0.3 is 0 Å². The second-order valence-corrected chi connectivity index (χ2v) is 10.3. The quantitative estimate of drug-likeness (QED) is 0.317.